The van der Waals surface area contributed by atoms with Crippen molar-refractivity contribution in [1.82, 2.24) is 5.32 Å². The van der Waals surface area contributed by atoms with Crippen molar-refractivity contribution in [3.63, 3.8) is 0 Å². The number of rotatable bonds is 5. The van der Waals surface area contributed by atoms with E-state index in [-0.39, 0.29) is 6.04 Å². The molecule has 1 aromatic rings. The summed E-state index contributed by atoms with van der Waals surface area (Å²) in [7, 11) is 0. The van der Waals surface area contributed by atoms with Crippen LogP contribution in [0.2, 0.25) is 0 Å². The summed E-state index contributed by atoms with van der Waals surface area (Å²) in [5.74, 6) is 0. The highest BCUT2D eigenvalue weighted by Crippen LogP contribution is 2.13. The lowest BCUT2D eigenvalue weighted by Crippen LogP contribution is -2.48. The van der Waals surface area contributed by atoms with E-state index in [9.17, 15) is 5.11 Å². The minimum Gasteiger partial charge on any atom is -0.389 e. The van der Waals surface area contributed by atoms with Crippen LogP contribution in [0.25, 0.3) is 0 Å². The summed E-state index contributed by atoms with van der Waals surface area (Å²) >= 11 is 3.43. The second-order valence-electron chi connectivity index (χ2n) is 5.27. The number of benzene rings is 1. The lowest BCUT2D eigenvalue weighted by molar-refractivity contribution is 0.0406. The van der Waals surface area contributed by atoms with Gasteiger partial charge in [-0.1, -0.05) is 28.1 Å². The van der Waals surface area contributed by atoms with Gasteiger partial charge in [0.2, 0.25) is 0 Å². The van der Waals surface area contributed by atoms with E-state index in [1.165, 1.54) is 5.56 Å². The average molecular weight is 300 g/mol. The zero-order chi connectivity index (χ0) is 13.1. The lowest BCUT2D eigenvalue weighted by atomic mass is 9.98. The van der Waals surface area contributed by atoms with Crippen LogP contribution < -0.4 is 5.32 Å². The number of halogens is 1. The molecular formula is C14H22BrNO. The molecule has 0 aliphatic carbocycles. The standard InChI is InChI=1S/C14H22BrNO/c1-10(16-11(2)14(3,4)17)9-12-5-7-13(15)8-6-12/h5-8,10-11,16-17H,9H2,1-4H3. The molecule has 2 unspecified atom stereocenters. The maximum atomic E-state index is 9.87. The Bertz CT molecular complexity index is 342. The molecule has 0 spiro atoms. The highest BCUT2D eigenvalue weighted by Gasteiger charge is 2.23. The molecular weight excluding hydrogens is 278 g/mol. The quantitative estimate of drug-likeness (QED) is 0.875. The van der Waals surface area contributed by atoms with Crippen molar-refractivity contribution in [2.45, 2.75) is 51.8 Å². The predicted molar refractivity (Wildman–Crippen MR) is 76.2 cm³/mol. The molecule has 0 saturated carbocycles. The molecule has 0 aromatic heterocycles. The zero-order valence-corrected chi connectivity index (χ0v) is 12.6. The molecule has 0 aliphatic rings. The van der Waals surface area contributed by atoms with Gasteiger partial charge in [0.25, 0.3) is 0 Å². The van der Waals surface area contributed by atoms with Gasteiger partial charge < -0.3 is 10.4 Å². The van der Waals surface area contributed by atoms with Gasteiger partial charge in [-0.3, -0.25) is 0 Å². The van der Waals surface area contributed by atoms with E-state index in [1.807, 2.05) is 20.8 Å². The predicted octanol–water partition coefficient (Wildman–Crippen LogP) is 3.13. The molecule has 0 radical (unpaired) electrons. The van der Waals surface area contributed by atoms with Gasteiger partial charge in [0.15, 0.2) is 0 Å². The minimum absolute atomic E-state index is 0.0768. The first-order valence-corrected chi connectivity index (χ1v) is 6.81. The highest BCUT2D eigenvalue weighted by atomic mass is 79.9. The molecule has 1 aromatic carbocycles. The largest absolute Gasteiger partial charge is 0.389 e. The van der Waals surface area contributed by atoms with Gasteiger partial charge in [-0.2, -0.15) is 0 Å². The Labute approximate surface area is 113 Å². The number of aliphatic hydroxyl groups is 1. The minimum atomic E-state index is -0.687. The van der Waals surface area contributed by atoms with E-state index < -0.39 is 5.60 Å². The first-order valence-electron chi connectivity index (χ1n) is 6.02. The van der Waals surface area contributed by atoms with Crippen LogP contribution in [0.3, 0.4) is 0 Å². The van der Waals surface area contributed by atoms with E-state index in [0.717, 1.165) is 10.9 Å². The van der Waals surface area contributed by atoms with Crippen LogP contribution in [0, 0.1) is 0 Å². The SMILES string of the molecule is CC(Cc1ccc(Br)cc1)NC(C)C(C)(C)O. The smallest absolute Gasteiger partial charge is 0.0741 e. The Morgan fingerprint density at radius 3 is 2.24 bits per heavy atom. The Morgan fingerprint density at radius 2 is 1.76 bits per heavy atom. The Balaban J connectivity index is 2.50. The van der Waals surface area contributed by atoms with Crippen molar-refractivity contribution in [3.05, 3.63) is 34.3 Å². The van der Waals surface area contributed by atoms with Crippen LogP contribution in [0.4, 0.5) is 0 Å². The highest BCUT2D eigenvalue weighted by molar-refractivity contribution is 9.10. The van der Waals surface area contributed by atoms with E-state index in [1.54, 1.807) is 0 Å². The molecule has 2 nitrogen and oxygen atoms in total. The Hall–Kier alpha value is -0.380. The zero-order valence-electron chi connectivity index (χ0n) is 11.0. The Kier molecular flexibility index (Phi) is 5.17. The van der Waals surface area contributed by atoms with Gasteiger partial charge in [-0.15, -0.1) is 0 Å². The maximum Gasteiger partial charge on any atom is 0.0741 e. The van der Waals surface area contributed by atoms with Gasteiger partial charge in [0.05, 0.1) is 5.60 Å². The van der Waals surface area contributed by atoms with E-state index >= 15 is 0 Å². The van der Waals surface area contributed by atoms with Gasteiger partial charge in [-0.25, -0.2) is 0 Å². The summed E-state index contributed by atoms with van der Waals surface area (Å²) in [4.78, 5) is 0. The van der Waals surface area contributed by atoms with E-state index in [0.29, 0.717) is 6.04 Å². The fourth-order valence-electron chi connectivity index (χ4n) is 1.66. The van der Waals surface area contributed by atoms with Crippen LogP contribution in [-0.4, -0.2) is 22.8 Å². The lowest BCUT2D eigenvalue weighted by Gasteiger charge is -2.30. The molecule has 96 valence electrons. The van der Waals surface area contributed by atoms with Crippen LogP contribution in [0.1, 0.15) is 33.3 Å². The summed E-state index contributed by atoms with van der Waals surface area (Å²) in [6.45, 7) is 7.82. The second-order valence-corrected chi connectivity index (χ2v) is 6.19. The first kappa shape index (κ1) is 14.7. The second kappa shape index (κ2) is 5.98. The van der Waals surface area contributed by atoms with Crippen LogP contribution in [0.5, 0.6) is 0 Å². The van der Waals surface area contributed by atoms with Gasteiger partial charge in [-0.05, 0) is 51.8 Å². The maximum absolute atomic E-state index is 9.87. The number of hydrogen-bond donors (Lipinski definition) is 2. The van der Waals surface area contributed by atoms with Gasteiger partial charge in [0.1, 0.15) is 0 Å². The molecule has 0 amide bonds. The third-order valence-electron chi connectivity index (χ3n) is 3.05. The molecule has 0 aliphatic heterocycles. The molecule has 17 heavy (non-hydrogen) atoms. The number of nitrogens with one attached hydrogen (secondary N) is 1. The summed E-state index contributed by atoms with van der Waals surface area (Å²) in [5, 5.41) is 13.3. The molecule has 2 atom stereocenters. The molecule has 0 bridgehead atoms. The Morgan fingerprint density at radius 1 is 1.24 bits per heavy atom. The topological polar surface area (TPSA) is 32.3 Å². The molecule has 0 saturated heterocycles. The fourth-order valence-corrected chi connectivity index (χ4v) is 1.93. The summed E-state index contributed by atoms with van der Waals surface area (Å²) in [6, 6.07) is 8.78. The fraction of sp³-hybridized carbons (Fsp3) is 0.571. The van der Waals surface area contributed by atoms with Crippen molar-refractivity contribution in [1.29, 1.82) is 0 Å². The van der Waals surface area contributed by atoms with E-state index in [2.05, 4.69) is 52.4 Å². The van der Waals surface area contributed by atoms with Crippen molar-refractivity contribution >= 4 is 15.9 Å². The molecule has 3 heteroatoms. The third kappa shape index (κ3) is 5.19. The van der Waals surface area contributed by atoms with Crippen LogP contribution in [0.15, 0.2) is 28.7 Å². The molecule has 2 N–H and O–H groups in total. The van der Waals surface area contributed by atoms with Gasteiger partial charge in [0, 0.05) is 16.6 Å². The third-order valence-corrected chi connectivity index (χ3v) is 3.58. The molecule has 0 heterocycles. The average Bonchev–Trinajstić information content (AvgIpc) is 2.20. The molecule has 1 rings (SSSR count). The normalized spacial score (nSPS) is 15.6. The monoisotopic (exact) mass is 299 g/mol. The summed E-state index contributed by atoms with van der Waals surface area (Å²) in [5.41, 5.74) is 0.615. The summed E-state index contributed by atoms with van der Waals surface area (Å²) < 4.78 is 1.10. The molecule has 0 fully saturated rings. The first-order chi connectivity index (χ1) is 7.79. The summed E-state index contributed by atoms with van der Waals surface area (Å²) in [6.07, 6.45) is 0.966. The van der Waals surface area contributed by atoms with Crippen molar-refractivity contribution in [2.75, 3.05) is 0 Å². The van der Waals surface area contributed by atoms with Crippen LogP contribution in [-0.2, 0) is 6.42 Å². The van der Waals surface area contributed by atoms with Crippen molar-refractivity contribution in [2.24, 2.45) is 0 Å². The van der Waals surface area contributed by atoms with Gasteiger partial charge >= 0.3 is 0 Å². The van der Waals surface area contributed by atoms with Crippen molar-refractivity contribution in [3.8, 4) is 0 Å². The number of hydrogen-bond acceptors (Lipinski definition) is 2. The van der Waals surface area contributed by atoms with Crippen LogP contribution >= 0.6 is 15.9 Å². The van der Waals surface area contributed by atoms with E-state index in [4.69, 9.17) is 0 Å². The van der Waals surface area contributed by atoms with Crippen molar-refractivity contribution < 1.29 is 5.11 Å².